The Hall–Kier alpha value is -2.24. The molecule has 1 aromatic rings. The molecular formula is C26H46N6O5. The standard InChI is InChI=1S/C26H46N6O5/c1-24(2,15-35-7)32-21-11-9-18-17(8-10-20(21)30-31-32)19(18)14-36-23(34)29-26(5,27)16-37-25(3,4)13-12-22(33)28-6/h17-19H,8-16,27H2,1-7H3,(H,28,33)(H,29,34). The number of ether oxygens (including phenoxy) is 3. The zero-order valence-electron chi connectivity index (χ0n) is 23.6. The monoisotopic (exact) mass is 522 g/mol. The van der Waals surface area contributed by atoms with E-state index in [2.05, 4.69) is 34.8 Å². The van der Waals surface area contributed by atoms with Crippen molar-refractivity contribution in [2.24, 2.45) is 23.5 Å². The van der Waals surface area contributed by atoms with E-state index in [1.807, 2.05) is 18.5 Å². The maximum absolute atomic E-state index is 12.5. The number of nitrogens with zero attached hydrogens (tertiary/aromatic N) is 3. The number of aromatic nitrogens is 3. The van der Waals surface area contributed by atoms with Gasteiger partial charge in [0, 0.05) is 20.6 Å². The maximum atomic E-state index is 12.5. The van der Waals surface area contributed by atoms with Gasteiger partial charge in [0.2, 0.25) is 5.91 Å². The van der Waals surface area contributed by atoms with Crippen molar-refractivity contribution in [1.82, 2.24) is 25.6 Å². The van der Waals surface area contributed by atoms with Gasteiger partial charge >= 0.3 is 6.09 Å². The first-order chi connectivity index (χ1) is 17.3. The van der Waals surface area contributed by atoms with Crippen LogP contribution in [0.3, 0.4) is 0 Å². The van der Waals surface area contributed by atoms with Gasteiger partial charge in [-0.25, -0.2) is 9.48 Å². The van der Waals surface area contributed by atoms with Crippen molar-refractivity contribution in [3.05, 3.63) is 11.4 Å². The number of fused-ring (bicyclic) bond motifs is 2. The summed E-state index contributed by atoms with van der Waals surface area (Å²) in [5, 5.41) is 14.2. The smallest absolute Gasteiger partial charge is 0.408 e. The van der Waals surface area contributed by atoms with Gasteiger partial charge in [-0.2, -0.15) is 0 Å². The van der Waals surface area contributed by atoms with Crippen LogP contribution in [0.4, 0.5) is 4.79 Å². The van der Waals surface area contributed by atoms with Crippen molar-refractivity contribution in [2.75, 3.05) is 34.0 Å². The normalized spacial score (nSPS) is 23.1. The van der Waals surface area contributed by atoms with E-state index in [4.69, 9.17) is 19.9 Å². The number of amides is 2. The van der Waals surface area contributed by atoms with Crippen LogP contribution in [0.2, 0.25) is 0 Å². The number of rotatable bonds is 12. The summed E-state index contributed by atoms with van der Waals surface area (Å²) in [6, 6.07) is 0. The Morgan fingerprint density at radius 2 is 1.78 bits per heavy atom. The molecule has 4 atom stereocenters. The van der Waals surface area contributed by atoms with Crippen LogP contribution >= 0.6 is 0 Å². The van der Waals surface area contributed by atoms with Gasteiger partial charge in [-0.15, -0.1) is 5.10 Å². The lowest BCUT2D eigenvalue weighted by Gasteiger charge is -2.32. The number of aryl methyl sites for hydroxylation is 1. The zero-order chi connectivity index (χ0) is 27.4. The first kappa shape index (κ1) is 29.3. The fraction of sp³-hybridized carbons (Fsp3) is 0.846. The summed E-state index contributed by atoms with van der Waals surface area (Å²) < 4.78 is 18.9. The molecule has 3 rings (SSSR count). The van der Waals surface area contributed by atoms with E-state index in [0.717, 1.165) is 31.4 Å². The summed E-state index contributed by atoms with van der Waals surface area (Å²) >= 11 is 0. The number of methoxy groups -OCH3 is 1. The highest BCUT2D eigenvalue weighted by Crippen LogP contribution is 2.53. The van der Waals surface area contributed by atoms with Gasteiger partial charge < -0.3 is 30.6 Å². The molecule has 2 aliphatic carbocycles. The van der Waals surface area contributed by atoms with E-state index in [-0.39, 0.29) is 18.1 Å². The first-order valence-corrected chi connectivity index (χ1v) is 13.3. The lowest BCUT2D eigenvalue weighted by Crippen LogP contribution is -2.58. The number of nitrogens with two attached hydrogens (primary N) is 1. The summed E-state index contributed by atoms with van der Waals surface area (Å²) in [5.74, 6) is 1.38. The van der Waals surface area contributed by atoms with Crippen LogP contribution in [0.25, 0.3) is 0 Å². The van der Waals surface area contributed by atoms with Crippen molar-refractivity contribution < 1.29 is 23.8 Å². The molecule has 0 aliphatic heterocycles. The topological polar surface area (TPSA) is 143 Å². The molecule has 4 N–H and O–H groups in total. The summed E-state index contributed by atoms with van der Waals surface area (Å²) in [6.07, 6.45) is 4.19. The third-order valence-corrected chi connectivity index (χ3v) is 7.64. The van der Waals surface area contributed by atoms with E-state index < -0.39 is 17.4 Å². The van der Waals surface area contributed by atoms with Crippen LogP contribution in [-0.4, -0.2) is 72.2 Å². The van der Waals surface area contributed by atoms with Gasteiger partial charge in [0.05, 0.1) is 42.3 Å². The minimum atomic E-state index is -1.10. The highest BCUT2D eigenvalue weighted by atomic mass is 16.6. The van der Waals surface area contributed by atoms with Crippen molar-refractivity contribution in [1.29, 1.82) is 0 Å². The third-order valence-electron chi connectivity index (χ3n) is 7.64. The molecule has 1 aromatic heterocycles. The second-order valence-electron chi connectivity index (χ2n) is 12.1. The first-order valence-electron chi connectivity index (χ1n) is 13.3. The number of carbonyl (C=O) groups excluding carboxylic acids is 2. The molecule has 11 heteroatoms. The van der Waals surface area contributed by atoms with Crippen LogP contribution in [0.15, 0.2) is 0 Å². The summed E-state index contributed by atoms with van der Waals surface area (Å²) in [7, 11) is 3.31. The second kappa shape index (κ2) is 11.7. The summed E-state index contributed by atoms with van der Waals surface area (Å²) in [4.78, 5) is 24.0. The summed E-state index contributed by atoms with van der Waals surface area (Å²) in [6.45, 7) is 10.7. The minimum Gasteiger partial charge on any atom is -0.449 e. The Morgan fingerprint density at radius 1 is 1.11 bits per heavy atom. The van der Waals surface area contributed by atoms with Crippen LogP contribution in [0.5, 0.6) is 0 Å². The number of carbonyl (C=O) groups is 2. The maximum Gasteiger partial charge on any atom is 0.408 e. The zero-order valence-corrected chi connectivity index (χ0v) is 23.6. The van der Waals surface area contributed by atoms with Gasteiger partial charge in [0.1, 0.15) is 5.66 Å². The average molecular weight is 523 g/mol. The fourth-order valence-electron chi connectivity index (χ4n) is 5.35. The minimum absolute atomic E-state index is 0.0435. The van der Waals surface area contributed by atoms with Gasteiger partial charge in [0.25, 0.3) is 0 Å². The third kappa shape index (κ3) is 7.87. The van der Waals surface area contributed by atoms with Gasteiger partial charge in [-0.1, -0.05) is 5.21 Å². The van der Waals surface area contributed by atoms with Crippen molar-refractivity contribution >= 4 is 12.0 Å². The van der Waals surface area contributed by atoms with Crippen LogP contribution in [-0.2, 0) is 37.4 Å². The number of hydrogen-bond acceptors (Lipinski definition) is 8. The number of nitrogens with one attached hydrogen (secondary N) is 2. The lowest BCUT2D eigenvalue weighted by molar-refractivity contribution is -0.122. The van der Waals surface area contributed by atoms with Crippen LogP contribution in [0, 0.1) is 17.8 Å². The fourth-order valence-corrected chi connectivity index (χ4v) is 5.35. The second-order valence-corrected chi connectivity index (χ2v) is 12.1. The Morgan fingerprint density at radius 3 is 2.43 bits per heavy atom. The van der Waals surface area contributed by atoms with Crippen molar-refractivity contribution in [3.63, 3.8) is 0 Å². The van der Waals surface area contributed by atoms with Crippen LogP contribution < -0.4 is 16.4 Å². The molecule has 0 spiro atoms. The molecule has 4 unspecified atom stereocenters. The quantitative estimate of drug-likeness (QED) is 0.354. The van der Waals surface area contributed by atoms with Gasteiger partial charge in [-0.05, 0) is 84.5 Å². The molecule has 1 saturated carbocycles. The van der Waals surface area contributed by atoms with Gasteiger partial charge in [-0.3, -0.25) is 4.79 Å². The molecule has 0 aromatic carbocycles. The Labute approximate surface area is 220 Å². The molecule has 2 amide bonds. The Balaban J connectivity index is 1.44. The van der Waals surface area contributed by atoms with Crippen LogP contribution in [0.1, 0.15) is 71.7 Å². The average Bonchev–Trinajstić information content (AvgIpc) is 3.29. The molecule has 1 heterocycles. The van der Waals surface area contributed by atoms with E-state index in [9.17, 15) is 9.59 Å². The Kier molecular flexibility index (Phi) is 9.23. The Bertz CT molecular complexity index is 944. The van der Waals surface area contributed by atoms with E-state index in [1.54, 1.807) is 21.1 Å². The SMILES string of the molecule is CNC(=O)CCC(C)(C)OCC(C)(N)NC(=O)OCC1C2CCc3nnn(C(C)(C)COC)c3CCC21. The molecule has 37 heavy (non-hydrogen) atoms. The summed E-state index contributed by atoms with van der Waals surface area (Å²) in [5.41, 5.74) is 6.62. The van der Waals surface area contributed by atoms with E-state index in [0.29, 0.717) is 43.8 Å². The largest absolute Gasteiger partial charge is 0.449 e. The number of hydrogen-bond donors (Lipinski definition) is 3. The molecule has 11 nitrogen and oxygen atoms in total. The molecule has 0 radical (unpaired) electrons. The molecule has 1 fully saturated rings. The highest BCUT2D eigenvalue weighted by molar-refractivity contribution is 5.75. The predicted octanol–water partition coefficient (Wildman–Crippen LogP) is 2.12. The van der Waals surface area contributed by atoms with Crippen molar-refractivity contribution in [2.45, 2.75) is 89.9 Å². The molecule has 2 aliphatic rings. The van der Waals surface area contributed by atoms with E-state index in [1.165, 1.54) is 5.69 Å². The highest BCUT2D eigenvalue weighted by Gasteiger charge is 2.50. The molecule has 210 valence electrons. The lowest BCUT2D eigenvalue weighted by atomic mass is 9.99. The molecule has 0 bridgehead atoms. The predicted molar refractivity (Wildman–Crippen MR) is 139 cm³/mol. The number of alkyl carbamates (subject to hydrolysis) is 1. The molecule has 0 saturated heterocycles. The van der Waals surface area contributed by atoms with Gasteiger partial charge in [0.15, 0.2) is 0 Å². The van der Waals surface area contributed by atoms with Crippen molar-refractivity contribution in [3.8, 4) is 0 Å². The molecular weight excluding hydrogens is 476 g/mol. The van der Waals surface area contributed by atoms with E-state index >= 15 is 0 Å².